The zero-order valence-corrected chi connectivity index (χ0v) is 20.5. The number of hydrogen-bond acceptors (Lipinski definition) is 5. The van der Waals surface area contributed by atoms with Gasteiger partial charge in [-0.15, -0.1) is 0 Å². The van der Waals surface area contributed by atoms with Gasteiger partial charge in [0.2, 0.25) is 0 Å². The fourth-order valence-corrected chi connectivity index (χ4v) is 8.78. The highest BCUT2D eigenvalue weighted by Crippen LogP contribution is 2.37. The molecule has 0 atom stereocenters. The van der Waals surface area contributed by atoms with Gasteiger partial charge in [0.25, 0.3) is 8.32 Å². The molecule has 0 fully saturated rings. The molecule has 2 heterocycles. The highest BCUT2D eigenvalue weighted by atomic mass is 28.4. The van der Waals surface area contributed by atoms with Crippen molar-refractivity contribution in [2.24, 2.45) is 0 Å². The highest BCUT2D eigenvalue weighted by Gasteiger charge is 2.50. The molecule has 0 radical (unpaired) electrons. The van der Waals surface area contributed by atoms with Gasteiger partial charge in [-0.2, -0.15) is 0 Å². The smallest absolute Gasteiger partial charge is 0.358 e. The number of benzene rings is 2. The molecule has 170 valence electrons. The van der Waals surface area contributed by atoms with Crippen molar-refractivity contribution in [1.29, 1.82) is 0 Å². The monoisotopic (exact) mass is 459 g/mol. The minimum atomic E-state index is -2.66. The van der Waals surface area contributed by atoms with Gasteiger partial charge >= 0.3 is 5.97 Å². The number of fused-ring (bicyclic) bond motifs is 1. The maximum atomic E-state index is 12.0. The Morgan fingerprint density at radius 1 is 0.970 bits per heavy atom. The molecule has 0 spiro atoms. The van der Waals surface area contributed by atoms with E-state index < -0.39 is 14.3 Å². The van der Waals surface area contributed by atoms with Gasteiger partial charge in [0, 0.05) is 12.4 Å². The molecule has 4 aromatic rings. The summed E-state index contributed by atoms with van der Waals surface area (Å²) in [4.78, 5) is 20.9. The summed E-state index contributed by atoms with van der Waals surface area (Å²) < 4.78 is 13.8. The molecular weight excluding hydrogens is 430 g/mol. The molecule has 0 N–H and O–H groups in total. The number of carbonyl (C=O) groups is 1. The van der Waals surface area contributed by atoms with Crippen molar-refractivity contribution in [2.75, 3.05) is 6.61 Å². The first-order valence-corrected chi connectivity index (χ1v) is 13.0. The molecule has 0 aliphatic carbocycles. The van der Waals surface area contributed by atoms with Crippen molar-refractivity contribution in [3.05, 3.63) is 90.6 Å². The van der Waals surface area contributed by atoms with E-state index in [0.29, 0.717) is 18.9 Å². The Labute approximate surface area is 195 Å². The molecule has 0 aliphatic heterocycles. The summed E-state index contributed by atoms with van der Waals surface area (Å²) >= 11 is 0. The fraction of sp³-hybridized carbons (Fsp3) is 0.269. The van der Waals surface area contributed by atoms with E-state index in [9.17, 15) is 4.79 Å². The van der Waals surface area contributed by atoms with Crippen LogP contribution in [-0.4, -0.2) is 35.3 Å². The van der Waals surface area contributed by atoms with Crippen LogP contribution in [0.25, 0.3) is 5.65 Å². The second-order valence-electron chi connectivity index (χ2n) is 8.94. The van der Waals surface area contributed by atoms with Crippen molar-refractivity contribution >= 4 is 30.3 Å². The summed E-state index contributed by atoms with van der Waals surface area (Å²) in [5.41, 5.74) is 1.62. The Balaban J connectivity index is 1.72. The minimum absolute atomic E-state index is 0.119. The second-order valence-corrected chi connectivity index (χ2v) is 13.2. The third-order valence-electron chi connectivity index (χ3n) is 5.73. The van der Waals surface area contributed by atoms with Gasteiger partial charge in [-0.3, -0.25) is 4.98 Å². The van der Waals surface area contributed by atoms with E-state index in [2.05, 4.69) is 79.3 Å². The predicted octanol–water partition coefficient (Wildman–Crippen LogP) is 3.98. The maximum absolute atomic E-state index is 12.0. The summed E-state index contributed by atoms with van der Waals surface area (Å²) in [5.74, 6) is -0.439. The number of carbonyl (C=O) groups excluding carboxylic acids is 1. The van der Waals surface area contributed by atoms with Gasteiger partial charge in [0.15, 0.2) is 11.3 Å². The number of rotatable bonds is 7. The largest absolute Gasteiger partial charge is 0.461 e. The van der Waals surface area contributed by atoms with Crippen LogP contribution in [0.3, 0.4) is 0 Å². The number of nitrogens with zero attached hydrogens (tertiary/aromatic N) is 3. The van der Waals surface area contributed by atoms with Crippen molar-refractivity contribution < 1.29 is 14.0 Å². The first-order chi connectivity index (χ1) is 15.8. The van der Waals surface area contributed by atoms with Crippen molar-refractivity contribution in [3.8, 4) is 0 Å². The number of aromatic nitrogens is 3. The van der Waals surface area contributed by atoms with E-state index in [1.807, 2.05) is 18.3 Å². The lowest BCUT2D eigenvalue weighted by Crippen LogP contribution is -2.66. The Bertz CT molecular complexity index is 1190. The van der Waals surface area contributed by atoms with Crippen molar-refractivity contribution in [2.45, 2.75) is 39.3 Å². The van der Waals surface area contributed by atoms with E-state index in [1.165, 1.54) is 10.4 Å². The summed E-state index contributed by atoms with van der Waals surface area (Å²) in [6.45, 7) is 9.17. The van der Waals surface area contributed by atoms with Gasteiger partial charge in [0.05, 0.1) is 25.1 Å². The van der Waals surface area contributed by atoms with Crippen LogP contribution >= 0.6 is 0 Å². The van der Waals surface area contributed by atoms with Crippen LogP contribution in [0.2, 0.25) is 5.04 Å². The summed E-state index contributed by atoms with van der Waals surface area (Å²) in [6, 6.07) is 21.0. The van der Waals surface area contributed by atoms with Crippen LogP contribution < -0.4 is 10.4 Å². The number of hydrogen-bond donors (Lipinski definition) is 0. The molecule has 0 aliphatic rings. The topological polar surface area (TPSA) is 65.7 Å². The van der Waals surface area contributed by atoms with Gasteiger partial charge < -0.3 is 13.6 Å². The molecule has 0 unspecified atom stereocenters. The fourth-order valence-electron chi connectivity index (χ4n) is 4.26. The van der Waals surface area contributed by atoms with Gasteiger partial charge in [-0.05, 0) is 22.3 Å². The molecule has 0 amide bonds. The molecule has 7 heteroatoms. The van der Waals surface area contributed by atoms with Crippen molar-refractivity contribution in [3.63, 3.8) is 0 Å². The van der Waals surface area contributed by atoms with Gasteiger partial charge in [-0.1, -0.05) is 81.4 Å². The average Bonchev–Trinajstić information content (AvgIpc) is 3.24. The minimum Gasteiger partial charge on any atom is -0.461 e. The maximum Gasteiger partial charge on any atom is 0.358 e. The summed E-state index contributed by atoms with van der Waals surface area (Å²) in [5, 5.41) is 2.32. The molecule has 4 rings (SSSR count). The molecule has 33 heavy (non-hydrogen) atoms. The van der Waals surface area contributed by atoms with Crippen LogP contribution in [0.1, 0.15) is 43.9 Å². The first kappa shape index (κ1) is 22.9. The second kappa shape index (κ2) is 9.29. The molecule has 0 saturated heterocycles. The predicted molar refractivity (Wildman–Crippen MR) is 131 cm³/mol. The van der Waals surface area contributed by atoms with Crippen LogP contribution in [0.5, 0.6) is 0 Å². The third-order valence-corrected chi connectivity index (χ3v) is 10.7. The van der Waals surface area contributed by atoms with E-state index in [-0.39, 0.29) is 10.7 Å². The zero-order valence-electron chi connectivity index (χ0n) is 19.5. The van der Waals surface area contributed by atoms with Crippen LogP contribution in [0.15, 0.2) is 79.3 Å². The average molecular weight is 460 g/mol. The lowest BCUT2D eigenvalue weighted by molar-refractivity contribution is 0.0520. The zero-order chi connectivity index (χ0) is 23.5. The van der Waals surface area contributed by atoms with Gasteiger partial charge in [-0.25, -0.2) is 9.78 Å². The molecule has 2 aromatic carbocycles. The number of esters is 1. The highest BCUT2D eigenvalue weighted by molar-refractivity contribution is 6.99. The number of ether oxygens (including phenoxy) is 1. The van der Waals surface area contributed by atoms with Crippen LogP contribution in [0, 0.1) is 0 Å². The lowest BCUT2D eigenvalue weighted by Gasteiger charge is -2.43. The Morgan fingerprint density at radius 2 is 1.58 bits per heavy atom. The molecule has 0 bridgehead atoms. The Kier molecular flexibility index (Phi) is 6.44. The van der Waals surface area contributed by atoms with Gasteiger partial charge in [0.1, 0.15) is 0 Å². The van der Waals surface area contributed by atoms with Crippen molar-refractivity contribution in [1.82, 2.24) is 14.4 Å². The summed E-state index contributed by atoms with van der Waals surface area (Å²) in [6.07, 6.45) is 5.19. The quantitative estimate of drug-likeness (QED) is 0.309. The standard InChI is InChI=1S/C26H29N3O3Si/c1-5-31-25(30)23-18-29-17-20(27-16-24(29)28-23)19-32-33(26(2,3)4,21-12-8-6-9-13-21)22-14-10-7-11-15-22/h6-18H,5,19H2,1-4H3. The molecule has 2 aromatic heterocycles. The van der Waals surface area contributed by atoms with E-state index in [4.69, 9.17) is 9.16 Å². The third kappa shape index (κ3) is 4.47. The normalized spacial score (nSPS) is 12.1. The number of imidazole rings is 1. The molecule has 0 saturated carbocycles. The Hall–Kier alpha value is -3.29. The van der Waals surface area contributed by atoms with E-state index in [0.717, 1.165) is 5.69 Å². The van der Waals surface area contributed by atoms with Crippen LogP contribution in [-0.2, 0) is 15.8 Å². The molecule has 6 nitrogen and oxygen atoms in total. The summed E-state index contributed by atoms with van der Waals surface area (Å²) in [7, 11) is -2.66. The van der Waals surface area contributed by atoms with E-state index >= 15 is 0 Å². The molecular formula is C26H29N3O3Si. The SMILES string of the molecule is CCOC(=O)c1cn2cc(CO[Si](c3ccccc3)(c3ccccc3)C(C)(C)C)ncc2n1. The van der Waals surface area contributed by atoms with E-state index in [1.54, 1.807) is 23.7 Å². The Morgan fingerprint density at radius 3 is 2.12 bits per heavy atom. The lowest BCUT2D eigenvalue weighted by atomic mass is 10.2. The van der Waals surface area contributed by atoms with Crippen LogP contribution in [0.4, 0.5) is 0 Å². The first-order valence-electron chi connectivity index (χ1n) is 11.1.